The van der Waals surface area contributed by atoms with Crippen LogP contribution in [0.1, 0.15) is 19.3 Å². The molecule has 130 valence electrons. The number of rotatable bonds is 4. The molecule has 0 aromatic heterocycles. The Bertz CT molecular complexity index is 367. The lowest BCUT2D eigenvalue weighted by atomic mass is 9.84. The first-order chi connectivity index (χ1) is 10.3. The second-order valence-electron chi connectivity index (χ2n) is 6.25. The molecule has 0 aromatic rings. The molecule has 22 heavy (non-hydrogen) atoms. The fourth-order valence-corrected chi connectivity index (χ4v) is 3.01. The van der Waals surface area contributed by atoms with Gasteiger partial charge in [-0.15, -0.1) is 0 Å². The maximum atomic E-state index is 12.7. The van der Waals surface area contributed by atoms with Gasteiger partial charge >= 0.3 is 0 Å². The van der Waals surface area contributed by atoms with Crippen LogP contribution in [0.15, 0.2) is 0 Å². The molecule has 0 aromatic carbocycles. The molecule has 0 unspecified atom stereocenters. The van der Waals surface area contributed by atoms with E-state index in [4.69, 9.17) is 32.4 Å². The first kappa shape index (κ1) is 18.0. The Kier molecular flexibility index (Phi) is 6.08. The average molecular weight is 322 g/mol. The van der Waals surface area contributed by atoms with Crippen LogP contribution in [0, 0.1) is 0 Å². The van der Waals surface area contributed by atoms with Gasteiger partial charge in [0.05, 0.1) is 24.3 Å². The SMILES string of the molecule is N[C@@H]1CC[C@@H]([C@H](N)CF)O[C@@H]1O[C@H]1[C@H](O)[C@@H](O)[C@H](N)C[C@@H]1N. The van der Waals surface area contributed by atoms with Gasteiger partial charge in [-0.3, -0.25) is 0 Å². The van der Waals surface area contributed by atoms with Crippen LogP contribution < -0.4 is 22.9 Å². The van der Waals surface area contributed by atoms with Gasteiger partial charge in [-0.2, -0.15) is 0 Å². The summed E-state index contributed by atoms with van der Waals surface area (Å²) in [4.78, 5) is 0. The third kappa shape index (κ3) is 3.74. The van der Waals surface area contributed by atoms with Crippen LogP contribution in [0.2, 0.25) is 0 Å². The number of aliphatic hydroxyl groups excluding tert-OH is 2. The van der Waals surface area contributed by atoms with Crippen molar-refractivity contribution in [3.63, 3.8) is 0 Å². The quantitative estimate of drug-likeness (QED) is 0.325. The zero-order valence-electron chi connectivity index (χ0n) is 12.4. The average Bonchev–Trinajstić information content (AvgIpc) is 2.50. The Morgan fingerprint density at radius 3 is 2.41 bits per heavy atom. The summed E-state index contributed by atoms with van der Waals surface area (Å²) in [6.07, 6.45) is -3.17. The van der Waals surface area contributed by atoms with E-state index in [2.05, 4.69) is 0 Å². The molecule has 0 amide bonds. The molecule has 0 bridgehead atoms. The molecule has 1 aliphatic heterocycles. The van der Waals surface area contributed by atoms with Crippen molar-refractivity contribution >= 4 is 0 Å². The summed E-state index contributed by atoms with van der Waals surface area (Å²) >= 11 is 0. The Labute approximate surface area is 128 Å². The number of ether oxygens (including phenoxy) is 2. The molecule has 0 radical (unpaired) electrons. The van der Waals surface area contributed by atoms with E-state index >= 15 is 0 Å². The number of nitrogens with two attached hydrogens (primary N) is 4. The molecule has 1 saturated carbocycles. The molecule has 0 spiro atoms. The minimum Gasteiger partial charge on any atom is -0.389 e. The van der Waals surface area contributed by atoms with Crippen LogP contribution in [-0.2, 0) is 9.47 Å². The molecule has 1 saturated heterocycles. The molecular weight excluding hydrogens is 295 g/mol. The van der Waals surface area contributed by atoms with E-state index in [9.17, 15) is 14.6 Å². The van der Waals surface area contributed by atoms with E-state index in [0.29, 0.717) is 19.3 Å². The minimum atomic E-state index is -1.23. The highest BCUT2D eigenvalue weighted by Gasteiger charge is 2.44. The normalized spacial score (nSPS) is 48.1. The van der Waals surface area contributed by atoms with Gasteiger partial charge in [-0.05, 0) is 19.3 Å². The zero-order chi connectivity index (χ0) is 16.4. The molecule has 2 fully saturated rings. The fraction of sp³-hybridized carbons (Fsp3) is 1.00. The lowest BCUT2D eigenvalue weighted by molar-refractivity contribution is -0.256. The van der Waals surface area contributed by atoms with Gasteiger partial charge in [-0.25, -0.2) is 4.39 Å². The Hall–Kier alpha value is -0.390. The van der Waals surface area contributed by atoms with Crippen molar-refractivity contribution < 1.29 is 24.1 Å². The molecule has 2 rings (SSSR count). The lowest BCUT2D eigenvalue weighted by Crippen LogP contribution is -2.64. The van der Waals surface area contributed by atoms with E-state index in [0.717, 1.165) is 0 Å². The predicted molar refractivity (Wildman–Crippen MR) is 77.3 cm³/mol. The summed E-state index contributed by atoms with van der Waals surface area (Å²) in [5.74, 6) is 0. The topological polar surface area (TPSA) is 163 Å². The smallest absolute Gasteiger partial charge is 0.173 e. The van der Waals surface area contributed by atoms with Crippen LogP contribution in [0.25, 0.3) is 0 Å². The minimum absolute atomic E-state index is 0.304. The largest absolute Gasteiger partial charge is 0.389 e. The van der Waals surface area contributed by atoms with Crippen LogP contribution in [-0.4, -0.2) is 71.8 Å². The number of hydrogen-bond acceptors (Lipinski definition) is 8. The monoisotopic (exact) mass is 322 g/mol. The van der Waals surface area contributed by atoms with Gasteiger partial charge in [0.2, 0.25) is 0 Å². The molecule has 10 N–H and O–H groups in total. The van der Waals surface area contributed by atoms with Crippen molar-refractivity contribution in [3.05, 3.63) is 0 Å². The van der Waals surface area contributed by atoms with Gasteiger partial charge in [0.1, 0.15) is 18.9 Å². The molecule has 9 atom stereocenters. The van der Waals surface area contributed by atoms with Crippen LogP contribution >= 0.6 is 0 Å². The van der Waals surface area contributed by atoms with Gasteiger partial charge in [0.25, 0.3) is 0 Å². The summed E-state index contributed by atoms with van der Waals surface area (Å²) in [6.45, 7) is -0.703. The van der Waals surface area contributed by atoms with E-state index < -0.39 is 61.5 Å². The standard InChI is InChI=1S/C13H27FN4O4/c14-4-8(18)9-2-1-5(15)13(21-9)22-12-7(17)3-6(16)10(19)11(12)20/h5-13,19-20H,1-4,15-18H2/t5-,6-,7+,8-,9+,10+,11-,12-,13-/m1/s1. The third-order valence-electron chi connectivity index (χ3n) is 4.48. The number of alkyl halides is 1. The van der Waals surface area contributed by atoms with Gasteiger partial charge in [0.15, 0.2) is 6.29 Å². The zero-order valence-corrected chi connectivity index (χ0v) is 12.4. The van der Waals surface area contributed by atoms with E-state index in [1.54, 1.807) is 0 Å². The van der Waals surface area contributed by atoms with Gasteiger partial charge in [0, 0.05) is 12.1 Å². The lowest BCUT2D eigenvalue weighted by Gasteiger charge is -2.44. The Morgan fingerprint density at radius 1 is 1.09 bits per heavy atom. The summed E-state index contributed by atoms with van der Waals surface area (Å²) in [7, 11) is 0. The molecule has 2 aliphatic rings. The Balaban J connectivity index is 2.01. The molecule has 9 heteroatoms. The second-order valence-corrected chi connectivity index (χ2v) is 6.25. The summed E-state index contributed by atoms with van der Waals surface area (Å²) in [6, 6.07) is -2.35. The first-order valence-corrected chi connectivity index (χ1v) is 7.60. The van der Waals surface area contributed by atoms with E-state index in [1.807, 2.05) is 0 Å². The molecule has 1 heterocycles. The van der Waals surface area contributed by atoms with E-state index in [1.165, 1.54) is 0 Å². The van der Waals surface area contributed by atoms with Crippen molar-refractivity contribution in [1.82, 2.24) is 0 Å². The first-order valence-electron chi connectivity index (χ1n) is 7.60. The highest BCUT2D eigenvalue weighted by atomic mass is 19.1. The number of halogens is 1. The van der Waals surface area contributed by atoms with E-state index in [-0.39, 0.29) is 0 Å². The summed E-state index contributed by atoms with van der Waals surface area (Å²) in [5, 5.41) is 20.0. The van der Waals surface area contributed by atoms with Gasteiger partial charge in [-0.1, -0.05) is 0 Å². The summed E-state index contributed by atoms with van der Waals surface area (Å²) in [5.41, 5.74) is 23.3. The van der Waals surface area contributed by atoms with Crippen LogP contribution in [0.4, 0.5) is 4.39 Å². The van der Waals surface area contributed by atoms with Crippen molar-refractivity contribution in [2.75, 3.05) is 6.67 Å². The second kappa shape index (κ2) is 7.45. The van der Waals surface area contributed by atoms with Crippen LogP contribution in [0.5, 0.6) is 0 Å². The predicted octanol–water partition coefficient (Wildman–Crippen LogP) is -2.72. The van der Waals surface area contributed by atoms with Crippen molar-refractivity contribution in [3.8, 4) is 0 Å². The number of hydrogen-bond donors (Lipinski definition) is 6. The molecule has 1 aliphatic carbocycles. The maximum Gasteiger partial charge on any atom is 0.173 e. The number of aliphatic hydroxyl groups is 2. The highest BCUT2D eigenvalue weighted by Crippen LogP contribution is 2.27. The van der Waals surface area contributed by atoms with Crippen molar-refractivity contribution in [2.45, 2.75) is 74.1 Å². The fourth-order valence-electron chi connectivity index (χ4n) is 3.01. The highest BCUT2D eigenvalue weighted by molar-refractivity contribution is 4.98. The third-order valence-corrected chi connectivity index (χ3v) is 4.48. The van der Waals surface area contributed by atoms with Crippen molar-refractivity contribution in [1.29, 1.82) is 0 Å². The van der Waals surface area contributed by atoms with Gasteiger partial charge < -0.3 is 42.6 Å². The molecular formula is C13H27FN4O4. The maximum absolute atomic E-state index is 12.7. The Morgan fingerprint density at radius 2 is 1.77 bits per heavy atom. The molecule has 8 nitrogen and oxygen atoms in total. The summed E-state index contributed by atoms with van der Waals surface area (Å²) < 4.78 is 24.0. The van der Waals surface area contributed by atoms with Crippen LogP contribution in [0.3, 0.4) is 0 Å². The van der Waals surface area contributed by atoms with Crippen molar-refractivity contribution in [2.24, 2.45) is 22.9 Å².